The van der Waals surface area contributed by atoms with E-state index in [1.54, 1.807) is 0 Å². The lowest BCUT2D eigenvalue weighted by Crippen LogP contribution is -2.18. The average Bonchev–Trinajstić information content (AvgIpc) is 2.94. The van der Waals surface area contributed by atoms with Crippen LogP contribution >= 0.6 is 0 Å². The van der Waals surface area contributed by atoms with Gasteiger partial charge in [0.25, 0.3) is 5.91 Å². The number of amides is 1. The van der Waals surface area contributed by atoms with E-state index in [0.717, 1.165) is 40.1 Å². The van der Waals surface area contributed by atoms with Crippen LogP contribution in [-0.2, 0) is 6.54 Å². The summed E-state index contributed by atoms with van der Waals surface area (Å²) in [5, 5.41) is 4.08. The van der Waals surface area contributed by atoms with E-state index in [-0.39, 0.29) is 5.91 Å². The molecule has 1 amide bonds. The van der Waals surface area contributed by atoms with Crippen LogP contribution in [-0.4, -0.2) is 31.2 Å². The van der Waals surface area contributed by atoms with Crippen LogP contribution in [0.5, 0.6) is 5.75 Å². The number of aryl methyl sites for hydroxylation is 2. The van der Waals surface area contributed by atoms with Gasteiger partial charge in [-0.15, -0.1) is 0 Å². The van der Waals surface area contributed by atoms with Gasteiger partial charge in [0.15, 0.2) is 0 Å². The maximum atomic E-state index is 13.0. The monoisotopic (exact) mass is 365 g/mol. The third-order valence-corrected chi connectivity index (χ3v) is 4.77. The maximum Gasteiger partial charge on any atom is 0.272 e. The van der Waals surface area contributed by atoms with Crippen LogP contribution < -0.4 is 15.0 Å². The number of carbonyl (C=O) groups is 1. The third kappa shape index (κ3) is 3.63. The first-order chi connectivity index (χ1) is 13.0. The standard InChI is InChI=1S/C22H27N3O2/c1-6-25-20-13-12-18(27-7-2)14-19(20)15(3)21(25)22(26)23-16-8-10-17(11-9-16)24(4)5/h8-14H,6-7H2,1-5H3,(H,23,26). The van der Waals surface area contributed by atoms with Crippen molar-refractivity contribution in [1.29, 1.82) is 0 Å². The van der Waals surface area contributed by atoms with Crippen LogP contribution in [0.25, 0.3) is 10.9 Å². The van der Waals surface area contributed by atoms with E-state index in [1.807, 2.05) is 75.3 Å². The molecule has 142 valence electrons. The van der Waals surface area contributed by atoms with Gasteiger partial charge < -0.3 is 19.5 Å². The second kappa shape index (κ2) is 7.74. The summed E-state index contributed by atoms with van der Waals surface area (Å²) in [5.41, 5.74) is 4.59. The van der Waals surface area contributed by atoms with E-state index in [4.69, 9.17) is 4.74 Å². The molecule has 3 aromatic rings. The first kappa shape index (κ1) is 18.8. The molecule has 0 saturated carbocycles. The van der Waals surface area contributed by atoms with Crippen molar-refractivity contribution in [3.63, 3.8) is 0 Å². The minimum Gasteiger partial charge on any atom is -0.494 e. The number of aromatic nitrogens is 1. The van der Waals surface area contributed by atoms with E-state index in [1.165, 1.54) is 0 Å². The minimum atomic E-state index is -0.0962. The molecule has 0 saturated heterocycles. The Kier molecular flexibility index (Phi) is 5.40. The van der Waals surface area contributed by atoms with Gasteiger partial charge in [-0.3, -0.25) is 4.79 Å². The van der Waals surface area contributed by atoms with E-state index in [0.29, 0.717) is 12.3 Å². The predicted octanol–water partition coefficient (Wildman–Crippen LogP) is 4.69. The fraction of sp³-hybridized carbons (Fsp3) is 0.318. The van der Waals surface area contributed by atoms with Crippen molar-refractivity contribution in [3.05, 3.63) is 53.7 Å². The number of carbonyl (C=O) groups excluding carboxylic acids is 1. The maximum absolute atomic E-state index is 13.0. The van der Waals surface area contributed by atoms with Gasteiger partial charge in [0, 0.05) is 42.9 Å². The van der Waals surface area contributed by atoms with Gasteiger partial charge >= 0.3 is 0 Å². The molecular weight excluding hydrogens is 338 g/mol. The molecule has 0 bridgehead atoms. The zero-order valence-electron chi connectivity index (χ0n) is 16.7. The Bertz CT molecular complexity index is 956. The molecule has 27 heavy (non-hydrogen) atoms. The number of nitrogens with one attached hydrogen (secondary N) is 1. The number of hydrogen-bond acceptors (Lipinski definition) is 3. The highest BCUT2D eigenvalue weighted by atomic mass is 16.5. The van der Waals surface area contributed by atoms with Crippen molar-refractivity contribution in [3.8, 4) is 5.75 Å². The first-order valence-corrected chi connectivity index (χ1v) is 9.30. The topological polar surface area (TPSA) is 46.5 Å². The number of rotatable bonds is 6. The molecule has 0 atom stereocenters. The van der Waals surface area contributed by atoms with Gasteiger partial charge in [0.05, 0.1) is 6.61 Å². The van der Waals surface area contributed by atoms with Crippen molar-refractivity contribution in [2.75, 3.05) is 30.9 Å². The molecule has 0 aliphatic heterocycles. The van der Waals surface area contributed by atoms with E-state index in [2.05, 4.69) is 16.8 Å². The smallest absolute Gasteiger partial charge is 0.272 e. The summed E-state index contributed by atoms with van der Waals surface area (Å²) in [6, 6.07) is 13.8. The molecule has 1 N–H and O–H groups in total. The lowest BCUT2D eigenvalue weighted by molar-refractivity contribution is 0.101. The average molecular weight is 365 g/mol. The zero-order chi connectivity index (χ0) is 19.6. The van der Waals surface area contributed by atoms with Crippen LogP contribution in [0.15, 0.2) is 42.5 Å². The number of fused-ring (bicyclic) bond motifs is 1. The zero-order valence-corrected chi connectivity index (χ0v) is 16.7. The van der Waals surface area contributed by atoms with E-state index < -0.39 is 0 Å². The lowest BCUT2D eigenvalue weighted by atomic mass is 10.1. The third-order valence-electron chi connectivity index (χ3n) is 4.77. The molecule has 0 aliphatic rings. The Balaban J connectivity index is 1.96. The quantitative estimate of drug-likeness (QED) is 0.689. The summed E-state index contributed by atoms with van der Waals surface area (Å²) in [6.07, 6.45) is 0. The van der Waals surface area contributed by atoms with Crippen molar-refractivity contribution in [2.45, 2.75) is 27.3 Å². The fourth-order valence-corrected chi connectivity index (χ4v) is 3.41. The molecular formula is C22H27N3O2. The molecule has 0 unspecified atom stereocenters. The van der Waals surface area contributed by atoms with Gasteiger partial charge in [-0.1, -0.05) is 0 Å². The number of benzene rings is 2. The Morgan fingerprint density at radius 1 is 1.11 bits per heavy atom. The molecule has 1 heterocycles. The van der Waals surface area contributed by atoms with E-state index >= 15 is 0 Å². The van der Waals surface area contributed by atoms with Crippen molar-refractivity contribution in [2.24, 2.45) is 0 Å². The Labute approximate surface area is 160 Å². The summed E-state index contributed by atoms with van der Waals surface area (Å²) >= 11 is 0. The highest BCUT2D eigenvalue weighted by Gasteiger charge is 2.20. The molecule has 0 fully saturated rings. The summed E-state index contributed by atoms with van der Waals surface area (Å²) in [6.45, 7) is 7.36. The van der Waals surface area contributed by atoms with Crippen molar-refractivity contribution < 1.29 is 9.53 Å². The molecule has 3 rings (SSSR count). The molecule has 0 spiro atoms. The number of nitrogens with zero attached hydrogens (tertiary/aromatic N) is 2. The highest BCUT2D eigenvalue weighted by Crippen LogP contribution is 2.30. The Morgan fingerprint density at radius 3 is 2.41 bits per heavy atom. The van der Waals surface area contributed by atoms with Crippen molar-refractivity contribution in [1.82, 2.24) is 4.57 Å². The van der Waals surface area contributed by atoms with Crippen LogP contribution in [0.3, 0.4) is 0 Å². The van der Waals surface area contributed by atoms with Crippen LogP contribution in [0.4, 0.5) is 11.4 Å². The summed E-state index contributed by atoms with van der Waals surface area (Å²) in [5.74, 6) is 0.730. The molecule has 0 aliphatic carbocycles. The van der Waals surface area contributed by atoms with Gasteiger partial charge in [0.1, 0.15) is 11.4 Å². The van der Waals surface area contributed by atoms with Gasteiger partial charge in [-0.2, -0.15) is 0 Å². The number of ether oxygens (including phenoxy) is 1. The lowest BCUT2D eigenvalue weighted by Gasteiger charge is -2.14. The fourth-order valence-electron chi connectivity index (χ4n) is 3.41. The summed E-state index contributed by atoms with van der Waals surface area (Å²) in [7, 11) is 3.99. The number of anilines is 2. The normalized spacial score (nSPS) is 10.9. The van der Waals surface area contributed by atoms with Crippen LogP contribution in [0, 0.1) is 6.92 Å². The molecule has 5 nitrogen and oxygen atoms in total. The predicted molar refractivity (Wildman–Crippen MR) is 112 cm³/mol. The largest absolute Gasteiger partial charge is 0.494 e. The van der Waals surface area contributed by atoms with Gasteiger partial charge in [-0.05, 0) is 68.8 Å². The molecule has 1 aromatic heterocycles. The van der Waals surface area contributed by atoms with Gasteiger partial charge in [0.2, 0.25) is 0 Å². The Hall–Kier alpha value is -2.95. The molecule has 2 aromatic carbocycles. The van der Waals surface area contributed by atoms with Gasteiger partial charge in [-0.25, -0.2) is 0 Å². The van der Waals surface area contributed by atoms with Crippen LogP contribution in [0.2, 0.25) is 0 Å². The minimum absolute atomic E-state index is 0.0962. The Morgan fingerprint density at radius 2 is 1.81 bits per heavy atom. The molecule has 0 radical (unpaired) electrons. The SMILES string of the molecule is CCOc1ccc2c(c1)c(C)c(C(=O)Nc1ccc(N(C)C)cc1)n2CC. The summed E-state index contributed by atoms with van der Waals surface area (Å²) in [4.78, 5) is 15.1. The first-order valence-electron chi connectivity index (χ1n) is 9.30. The second-order valence-corrected chi connectivity index (χ2v) is 6.73. The number of hydrogen-bond donors (Lipinski definition) is 1. The van der Waals surface area contributed by atoms with Crippen molar-refractivity contribution >= 4 is 28.2 Å². The van der Waals surface area contributed by atoms with E-state index in [9.17, 15) is 4.79 Å². The highest BCUT2D eigenvalue weighted by molar-refractivity contribution is 6.08. The second-order valence-electron chi connectivity index (χ2n) is 6.73. The van der Waals surface area contributed by atoms with Crippen LogP contribution in [0.1, 0.15) is 29.9 Å². The summed E-state index contributed by atoms with van der Waals surface area (Å²) < 4.78 is 7.68. The molecule has 5 heteroatoms.